The molecule has 5 rings (SSSR count). The highest BCUT2D eigenvalue weighted by Gasteiger charge is 2.61. The second kappa shape index (κ2) is 8.65. The fourth-order valence-corrected chi connectivity index (χ4v) is 5.18. The van der Waals surface area contributed by atoms with Gasteiger partial charge in [-0.2, -0.15) is 0 Å². The van der Waals surface area contributed by atoms with Crippen LogP contribution in [0.3, 0.4) is 0 Å². The molecule has 2 aromatic rings. The summed E-state index contributed by atoms with van der Waals surface area (Å²) in [7, 11) is 0. The van der Waals surface area contributed by atoms with Crippen LogP contribution in [-0.2, 0) is 14.3 Å². The number of nitrogens with zero attached hydrogens (tertiary/aromatic N) is 4. The van der Waals surface area contributed by atoms with Crippen LogP contribution in [0, 0.1) is 11.3 Å². The zero-order chi connectivity index (χ0) is 25.7. The third-order valence-corrected chi connectivity index (χ3v) is 6.83. The van der Waals surface area contributed by atoms with E-state index in [0.29, 0.717) is 0 Å². The van der Waals surface area contributed by atoms with Crippen molar-refractivity contribution in [2.45, 2.75) is 32.4 Å². The molecule has 4 amide bonds. The fraction of sp³-hybridized carbons (Fsp3) is 0.480. The van der Waals surface area contributed by atoms with E-state index in [2.05, 4.69) is 4.98 Å². The highest BCUT2D eigenvalue weighted by Crippen LogP contribution is 2.47. The third kappa shape index (κ3) is 4.18. The van der Waals surface area contributed by atoms with Crippen molar-refractivity contribution in [2.75, 3.05) is 32.8 Å². The Bertz CT molecular complexity index is 1170. The van der Waals surface area contributed by atoms with E-state index in [1.54, 1.807) is 20.8 Å². The van der Waals surface area contributed by atoms with Gasteiger partial charge in [-0.3, -0.25) is 9.59 Å². The molecule has 1 aromatic carbocycles. The molecule has 0 aliphatic carbocycles. The number of benzene rings is 1. The van der Waals surface area contributed by atoms with E-state index in [1.165, 1.54) is 22.4 Å². The van der Waals surface area contributed by atoms with E-state index in [9.17, 15) is 19.2 Å². The molecular weight excluding hydrogens is 468 g/mol. The van der Waals surface area contributed by atoms with Crippen molar-refractivity contribution in [3.05, 3.63) is 54.2 Å². The molecule has 11 heteroatoms. The standard InChI is InChI=1S/C25H28N4O7/c1-24(2,3)36-22(32)28-13-25(14-28)12-27(21(31)19-9-26-15-35-19)10-17(25)20(30)29-18(11-34-23(29)33)16-7-5-4-6-8-16/h4-9,15,17-18H,10-14H2,1-3H3/t17-,18-/m0/s1. The van der Waals surface area contributed by atoms with Crippen LogP contribution in [0.2, 0.25) is 0 Å². The maximum atomic E-state index is 13.9. The maximum absolute atomic E-state index is 13.9. The summed E-state index contributed by atoms with van der Waals surface area (Å²) < 4.78 is 15.9. The first-order valence-electron chi connectivity index (χ1n) is 11.8. The Hall–Kier alpha value is -3.89. The quantitative estimate of drug-likeness (QED) is 0.636. The first-order valence-corrected chi connectivity index (χ1v) is 11.8. The van der Waals surface area contributed by atoms with Crippen LogP contribution in [-0.4, -0.2) is 82.1 Å². The molecular formula is C25H28N4O7. The summed E-state index contributed by atoms with van der Waals surface area (Å²) in [5, 5.41) is 0. The molecule has 1 spiro atoms. The first kappa shape index (κ1) is 23.8. The van der Waals surface area contributed by atoms with Crippen LogP contribution in [0.25, 0.3) is 0 Å². The average molecular weight is 497 g/mol. The molecule has 36 heavy (non-hydrogen) atoms. The van der Waals surface area contributed by atoms with Crippen molar-refractivity contribution in [2.24, 2.45) is 11.3 Å². The van der Waals surface area contributed by atoms with Gasteiger partial charge in [-0.05, 0) is 26.3 Å². The lowest BCUT2D eigenvalue weighted by Gasteiger charge is -2.50. The Morgan fingerprint density at radius 3 is 2.42 bits per heavy atom. The third-order valence-electron chi connectivity index (χ3n) is 6.83. The van der Waals surface area contributed by atoms with Gasteiger partial charge in [0.15, 0.2) is 6.39 Å². The number of likely N-dealkylation sites (tertiary alicyclic amines) is 2. The number of hydrogen-bond donors (Lipinski definition) is 0. The second-order valence-corrected chi connectivity index (χ2v) is 10.5. The molecule has 3 aliphatic heterocycles. The molecule has 0 N–H and O–H groups in total. The Labute approximate surface area is 207 Å². The molecule has 3 saturated heterocycles. The van der Waals surface area contributed by atoms with Gasteiger partial charge in [-0.15, -0.1) is 0 Å². The highest BCUT2D eigenvalue weighted by molar-refractivity contribution is 5.97. The lowest BCUT2D eigenvalue weighted by molar-refractivity contribution is -0.141. The molecule has 0 unspecified atom stereocenters. The van der Waals surface area contributed by atoms with Crippen LogP contribution in [0.1, 0.15) is 42.9 Å². The van der Waals surface area contributed by atoms with Gasteiger partial charge in [0.2, 0.25) is 11.7 Å². The average Bonchev–Trinajstić information content (AvgIpc) is 3.55. The van der Waals surface area contributed by atoms with E-state index < -0.39 is 47.0 Å². The minimum atomic E-state index is -0.728. The summed E-state index contributed by atoms with van der Waals surface area (Å²) in [6.07, 6.45) is 1.29. The van der Waals surface area contributed by atoms with Gasteiger partial charge >= 0.3 is 12.2 Å². The van der Waals surface area contributed by atoms with Crippen LogP contribution in [0.15, 0.2) is 47.3 Å². The second-order valence-electron chi connectivity index (χ2n) is 10.5. The number of carbonyl (C=O) groups is 4. The number of ether oxygens (including phenoxy) is 2. The minimum absolute atomic E-state index is 0.0546. The highest BCUT2D eigenvalue weighted by atomic mass is 16.6. The lowest BCUT2D eigenvalue weighted by Crippen LogP contribution is -2.64. The van der Waals surface area contributed by atoms with Gasteiger partial charge in [0.1, 0.15) is 18.2 Å². The number of amides is 4. The fourth-order valence-electron chi connectivity index (χ4n) is 5.18. The van der Waals surface area contributed by atoms with E-state index in [0.717, 1.165) is 10.5 Å². The molecule has 2 atom stereocenters. The molecule has 4 heterocycles. The molecule has 0 saturated carbocycles. The Morgan fingerprint density at radius 2 is 1.78 bits per heavy atom. The van der Waals surface area contributed by atoms with Crippen molar-refractivity contribution in [1.82, 2.24) is 19.7 Å². The summed E-state index contributed by atoms with van der Waals surface area (Å²) >= 11 is 0. The van der Waals surface area contributed by atoms with Crippen molar-refractivity contribution in [1.29, 1.82) is 0 Å². The van der Waals surface area contributed by atoms with Crippen molar-refractivity contribution >= 4 is 24.0 Å². The van der Waals surface area contributed by atoms with Gasteiger partial charge in [-0.1, -0.05) is 30.3 Å². The number of rotatable bonds is 3. The van der Waals surface area contributed by atoms with E-state index in [-0.39, 0.29) is 38.5 Å². The first-order chi connectivity index (χ1) is 17.1. The Balaban J connectivity index is 1.41. The number of cyclic esters (lactones) is 1. The molecule has 3 aliphatic rings. The summed E-state index contributed by atoms with van der Waals surface area (Å²) in [4.78, 5) is 60.3. The number of oxazole rings is 1. The number of aromatic nitrogens is 1. The predicted octanol–water partition coefficient (Wildman–Crippen LogP) is 2.70. The summed E-state index contributed by atoms with van der Waals surface area (Å²) in [5.41, 5.74) is -0.614. The number of hydrogen-bond acceptors (Lipinski definition) is 8. The molecule has 0 radical (unpaired) electrons. The minimum Gasteiger partial charge on any atom is -0.446 e. The number of carbonyl (C=O) groups excluding carboxylic acids is 4. The monoisotopic (exact) mass is 496 g/mol. The van der Waals surface area contributed by atoms with E-state index in [4.69, 9.17) is 13.9 Å². The molecule has 190 valence electrons. The van der Waals surface area contributed by atoms with Gasteiger partial charge in [0.25, 0.3) is 5.91 Å². The Morgan fingerprint density at radius 1 is 1.08 bits per heavy atom. The van der Waals surface area contributed by atoms with Gasteiger partial charge in [-0.25, -0.2) is 19.5 Å². The summed E-state index contributed by atoms with van der Waals surface area (Å²) in [6.45, 7) is 6.13. The van der Waals surface area contributed by atoms with Crippen LogP contribution >= 0.6 is 0 Å². The predicted molar refractivity (Wildman–Crippen MR) is 124 cm³/mol. The van der Waals surface area contributed by atoms with Crippen LogP contribution < -0.4 is 0 Å². The molecule has 3 fully saturated rings. The Kier molecular flexibility index (Phi) is 5.73. The topological polar surface area (TPSA) is 122 Å². The smallest absolute Gasteiger partial charge is 0.417 e. The van der Waals surface area contributed by atoms with Crippen LogP contribution in [0.4, 0.5) is 9.59 Å². The van der Waals surface area contributed by atoms with E-state index in [1.807, 2.05) is 30.3 Å². The zero-order valence-electron chi connectivity index (χ0n) is 20.4. The summed E-state index contributed by atoms with van der Waals surface area (Å²) in [6, 6.07) is 8.63. The van der Waals surface area contributed by atoms with Crippen molar-refractivity contribution < 1.29 is 33.1 Å². The van der Waals surface area contributed by atoms with Crippen molar-refractivity contribution in [3.63, 3.8) is 0 Å². The maximum Gasteiger partial charge on any atom is 0.417 e. The normalized spacial score (nSPS) is 23.0. The van der Waals surface area contributed by atoms with E-state index >= 15 is 0 Å². The van der Waals surface area contributed by atoms with Gasteiger partial charge < -0.3 is 23.7 Å². The molecule has 1 aromatic heterocycles. The van der Waals surface area contributed by atoms with Crippen LogP contribution in [0.5, 0.6) is 0 Å². The number of imide groups is 1. The van der Waals surface area contributed by atoms with Crippen molar-refractivity contribution in [3.8, 4) is 0 Å². The van der Waals surface area contributed by atoms with Gasteiger partial charge in [0.05, 0.1) is 12.1 Å². The SMILES string of the molecule is CC(C)(C)OC(=O)N1CC2(C1)CN(C(=O)c1cnco1)C[C@H]2C(=O)N1C(=O)OC[C@H]1c1ccccc1. The van der Waals surface area contributed by atoms with Gasteiger partial charge in [0, 0.05) is 31.6 Å². The lowest BCUT2D eigenvalue weighted by atomic mass is 9.71. The summed E-state index contributed by atoms with van der Waals surface area (Å²) in [5.74, 6) is -1.49. The largest absolute Gasteiger partial charge is 0.446 e. The zero-order valence-corrected chi connectivity index (χ0v) is 20.4. The molecule has 0 bridgehead atoms. The molecule has 11 nitrogen and oxygen atoms in total.